The Morgan fingerprint density at radius 2 is 1.82 bits per heavy atom. The first kappa shape index (κ1) is 28.1. The van der Waals surface area contributed by atoms with Gasteiger partial charge in [0.2, 0.25) is 0 Å². The number of halogens is 3. The second-order valence-electron chi connectivity index (χ2n) is 10.6. The van der Waals surface area contributed by atoms with Crippen LogP contribution in [0.4, 0.5) is 13.2 Å². The van der Waals surface area contributed by atoms with E-state index in [1.54, 1.807) is 35.4 Å². The second-order valence-corrected chi connectivity index (χ2v) is 10.6. The van der Waals surface area contributed by atoms with Crippen molar-refractivity contribution in [3.63, 3.8) is 0 Å². The van der Waals surface area contributed by atoms with Crippen molar-refractivity contribution in [3.8, 4) is 0 Å². The Morgan fingerprint density at radius 3 is 2.50 bits per heavy atom. The number of carbonyl (C=O) groups is 1. The largest absolute Gasteiger partial charge is 0.416 e. The Bertz CT molecular complexity index is 1110. The molecule has 2 fully saturated rings. The van der Waals surface area contributed by atoms with E-state index >= 15 is 0 Å². The third-order valence-corrected chi connectivity index (χ3v) is 7.59. The summed E-state index contributed by atoms with van der Waals surface area (Å²) in [5.41, 5.74) is 7.10. The van der Waals surface area contributed by atoms with E-state index < -0.39 is 17.3 Å². The molecule has 0 bridgehead atoms. The van der Waals surface area contributed by atoms with Gasteiger partial charge in [0.05, 0.1) is 17.7 Å². The zero-order chi connectivity index (χ0) is 27.2. The van der Waals surface area contributed by atoms with Crippen molar-refractivity contribution in [3.05, 3.63) is 70.3 Å². The maximum absolute atomic E-state index is 13.7. The van der Waals surface area contributed by atoms with Gasteiger partial charge >= 0.3 is 6.18 Å². The molecule has 4 rings (SSSR count). The first-order valence-electron chi connectivity index (χ1n) is 13.3. The summed E-state index contributed by atoms with van der Waals surface area (Å²) in [4.78, 5) is 19.8. The van der Waals surface area contributed by atoms with E-state index in [1.165, 1.54) is 6.07 Å². The van der Waals surface area contributed by atoms with Crippen LogP contribution in [0.1, 0.15) is 83.5 Å². The molecule has 2 aromatic rings. The summed E-state index contributed by atoms with van der Waals surface area (Å²) in [7, 11) is 0. The minimum Gasteiger partial charge on any atom is -0.394 e. The summed E-state index contributed by atoms with van der Waals surface area (Å²) >= 11 is 0. The Morgan fingerprint density at radius 1 is 1.11 bits per heavy atom. The quantitative estimate of drug-likeness (QED) is 0.352. The number of carbonyl (C=O) groups excluding carboxylic acids is 1. The number of hydrogen-bond donors (Lipinski definition) is 2. The predicted molar refractivity (Wildman–Crippen MR) is 140 cm³/mol. The van der Waals surface area contributed by atoms with Crippen molar-refractivity contribution in [2.45, 2.75) is 75.6 Å². The molecule has 2 aromatic carbocycles. The highest BCUT2D eigenvalue weighted by Gasteiger charge is 2.36. The molecular formula is C29H36F3N3O3. The molecule has 0 aromatic heterocycles. The maximum atomic E-state index is 13.7. The number of oxime groups is 1. The summed E-state index contributed by atoms with van der Waals surface area (Å²) in [6, 6.07) is 11.6. The summed E-state index contributed by atoms with van der Waals surface area (Å²) in [5, 5.41) is 13.4. The topological polar surface area (TPSA) is 88.2 Å². The number of aliphatic hydroxyl groups excluding tert-OH is 1. The average Bonchev–Trinajstić information content (AvgIpc) is 2.93. The lowest BCUT2D eigenvalue weighted by molar-refractivity contribution is -0.138. The lowest BCUT2D eigenvalue weighted by Crippen LogP contribution is -2.57. The molecular weight excluding hydrogens is 495 g/mol. The molecule has 9 heteroatoms. The van der Waals surface area contributed by atoms with Gasteiger partial charge in [0.15, 0.2) is 0 Å². The van der Waals surface area contributed by atoms with Crippen molar-refractivity contribution in [2.75, 3.05) is 19.7 Å². The van der Waals surface area contributed by atoms with Crippen LogP contribution in [0.5, 0.6) is 0 Å². The third-order valence-electron chi connectivity index (χ3n) is 7.59. The SMILES string of the molecule is N[C@@]1(CO)CCCN(C(=O)c2ccc(CC=NOCc3ccc(C4CCCCC4)c(C(F)(F)F)c3)cc2)C1. The summed E-state index contributed by atoms with van der Waals surface area (Å²) in [6.07, 6.45) is 3.65. The zero-order valence-electron chi connectivity index (χ0n) is 21.6. The van der Waals surface area contributed by atoms with Crippen molar-refractivity contribution in [1.82, 2.24) is 4.90 Å². The molecule has 1 aliphatic heterocycles. The maximum Gasteiger partial charge on any atom is 0.416 e. The van der Waals surface area contributed by atoms with Gasteiger partial charge in [-0.25, -0.2) is 0 Å². The summed E-state index contributed by atoms with van der Waals surface area (Å²) in [6.45, 7) is 0.718. The number of likely N-dealkylation sites (tertiary alicyclic amines) is 1. The minimum absolute atomic E-state index is 0.0374. The Labute approximate surface area is 221 Å². The lowest BCUT2D eigenvalue weighted by atomic mass is 9.81. The van der Waals surface area contributed by atoms with Gasteiger partial charge in [0.25, 0.3) is 5.91 Å². The number of piperidine rings is 1. The van der Waals surface area contributed by atoms with Crippen molar-refractivity contribution in [1.29, 1.82) is 0 Å². The molecule has 1 saturated heterocycles. The number of benzene rings is 2. The molecule has 0 radical (unpaired) electrons. The predicted octanol–water partition coefficient (Wildman–Crippen LogP) is 5.42. The molecule has 38 heavy (non-hydrogen) atoms. The van der Waals surface area contributed by atoms with Gasteiger partial charge < -0.3 is 20.6 Å². The molecule has 3 N–H and O–H groups in total. The third kappa shape index (κ3) is 7.14. The van der Waals surface area contributed by atoms with Crippen LogP contribution in [0.15, 0.2) is 47.6 Å². The zero-order valence-corrected chi connectivity index (χ0v) is 21.6. The number of alkyl halides is 3. The molecule has 206 valence electrons. The average molecular weight is 532 g/mol. The van der Waals surface area contributed by atoms with E-state index in [2.05, 4.69) is 5.16 Å². The number of nitrogens with two attached hydrogens (primary N) is 1. The van der Waals surface area contributed by atoms with E-state index in [0.717, 1.165) is 44.1 Å². The van der Waals surface area contributed by atoms with Crippen LogP contribution in [-0.2, 0) is 24.0 Å². The van der Waals surface area contributed by atoms with E-state index in [0.29, 0.717) is 42.6 Å². The van der Waals surface area contributed by atoms with E-state index in [4.69, 9.17) is 10.6 Å². The van der Waals surface area contributed by atoms with Crippen molar-refractivity contribution >= 4 is 12.1 Å². The van der Waals surface area contributed by atoms with Crippen molar-refractivity contribution < 1.29 is 27.9 Å². The Kier molecular flexibility index (Phi) is 9.10. The highest BCUT2D eigenvalue weighted by Crippen LogP contribution is 2.41. The van der Waals surface area contributed by atoms with Crippen LogP contribution >= 0.6 is 0 Å². The lowest BCUT2D eigenvalue weighted by Gasteiger charge is -2.39. The van der Waals surface area contributed by atoms with Crippen molar-refractivity contribution in [2.24, 2.45) is 10.9 Å². The van der Waals surface area contributed by atoms with Crippen LogP contribution < -0.4 is 5.73 Å². The van der Waals surface area contributed by atoms with Crippen LogP contribution in [0.25, 0.3) is 0 Å². The molecule has 1 amide bonds. The van der Waals surface area contributed by atoms with Crippen LogP contribution in [0.2, 0.25) is 0 Å². The first-order valence-corrected chi connectivity index (χ1v) is 13.3. The van der Waals surface area contributed by atoms with E-state index in [1.807, 2.05) is 12.1 Å². The van der Waals surface area contributed by atoms with E-state index in [-0.39, 0.29) is 25.0 Å². The fourth-order valence-corrected chi connectivity index (χ4v) is 5.44. The highest BCUT2D eigenvalue weighted by atomic mass is 19.4. The van der Waals surface area contributed by atoms with Gasteiger partial charge in [-0.2, -0.15) is 13.2 Å². The van der Waals surface area contributed by atoms with Gasteiger partial charge in [0.1, 0.15) is 6.61 Å². The molecule has 2 aliphatic rings. The van der Waals surface area contributed by atoms with Crippen LogP contribution in [0, 0.1) is 0 Å². The van der Waals surface area contributed by atoms with Crippen LogP contribution in [-0.4, -0.2) is 47.4 Å². The number of hydrogen-bond acceptors (Lipinski definition) is 5. The molecule has 1 atom stereocenters. The Balaban J connectivity index is 1.29. The monoisotopic (exact) mass is 531 g/mol. The van der Waals surface area contributed by atoms with Gasteiger partial charge in [-0.1, -0.05) is 48.7 Å². The Hall–Kier alpha value is -2.91. The fourth-order valence-electron chi connectivity index (χ4n) is 5.44. The fraction of sp³-hybridized carbons (Fsp3) is 0.517. The number of amides is 1. The molecule has 1 saturated carbocycles. The number of rotatable bonds is 8. The highest BCUT2D eigenvalue weighted by molar-refractivity contribution is 5.94. The molecule has 1 heterocycles. The molecule has 1 aliphatic carbocycles. The number of nitrogens with zero attached hydrogens (tertiary/aromatic N) is 2. The number of aliphatic hydroxyl groups is 1. The normalized spacial score (nSPS) is 21.1. The molecule has 6 nitrogen and oxygen atoms in total. The van der Waals surface area contributed by atoms with Gasteiger partial charge in [-0.05, 0) is 66.5 Å². The first-order chi connectivity index (χ1) is 18.2. The smallest absolute Gasteiger partial charge is 0.394 e. The van der Waals surface area contributed by atoms with Gasteiger partial charge in [0, 0.05) is 31.3 Å². The van der Waals surface area contributed by atoms with Crippen LogP contribution in [0.3, 0.4) is 0 Å². The summed E-state index contributed by atoms with van der Waals surface area (Å²) < 4.78 is 41.2. The molecule has 0 spiro atoms. The van der Waals surface area contributed by atoms with Gasteiger partial charge in [-0.3, -0.25) is 4.79 Å². The standard InChI is InChI=1S/C29H36F3N3O3/c30-29(31,32)26-17-22(9-12-25(26)23-5-2-1-3-6-23)18-38-34-15-13-21-7-10-24(11-8-21)27(37)35-16-4-14-28(33,19-35)20-36/h7-12,15,17,23,36H,1-6,13-14,16,18-20,33H2/t28-/m0/s1. The summed E-state index contributed by atoms with van der Waals surface area (Å²) in [5.74, 6) is -0.158. The van der Waals surface area contributed by atoms with Gasteiger partial charge in [-0.15, -0.1) is 0 Å². The second kappa shape index (κ2) is 12.3. The minimum atomic E-state index is -4.40. The van der Waals surface area contributed by atoms with E-state index in [9.17, 15) is 23.1 Å². The molecule has 0 unspecified atom stereocenters.